The van der Waals surface area contributed by atoms with Gasteiger partial charge in [-0.1, -0.05) is 0 Å². The van der Waals surface area contributed by atoms with Crippen LogP contribution in [0.15, 0.2) is 60.9 Å². The fourth-order valence-electron chi connectivity index (χ4n) is 2.41. The van der Waals surface area contributed by atoms with Gasteiger partial charge in [-0.05, 0) is 48.5 Å². The Bertz CT molecular complexity index is 908. The molecule has 1 aromatic heterocycles. The summed E-state index contributed by atoms with van der Waals surface area (Å²) in [6.07, 6.45) is 1.36. The van der Waals surface area contributed by atoms with Crippen LogP contribution in [-0.2, 0) is 0 Å². The van der Waals surface area contributed by atoms with Gasteiger partial charge in [-0.3, -0.25) is 4.79 Å². The number of benzene rings is 2. The Morgan fingerprint density at radius 2 is 1.63 bits per heavy atom. The number of carbonyl (C=O) groups is 1. The van der Waals surface area contributed by atoms with Gasteiger partial charge in [-0.15, -0.1) is 0 Å². The van der Waals surface area contributed by atoms with E-state index in [1.807, 2.05) is 43.3 Å². The van der Waals surface area contributed by atoms with Crippen molar-refractivity contribution in [3.8, 4) is 5.75 Å². The average molecular weight is 363 g/mol. The van der Waals surface area contributed by atoms with Crippen LogP contribution >= 0.6 is 0 Å². The van der Waals surface area contributed by atoms with E-state index in [-0.39, 0.29) is 11.6 Å². The molecule has 7 nitrogen and oxygen atoms in total. The summed E-state index contributed by atoms with van der Waals surface area (Å²) in [6.45, 7) is 0. The molecule has 0 bridgehead atoms. The molecule has 1 heterocycles. The second-order valence-electron chi connectivity index (χ2n) is 6.04. The molecule has 0 saturated heterocycles. The lowest BCUT2D eigenvalue weighted by atomic mass is 10.2. The van der Waals surface area contributed by atoms with Crippen LogP contribution in [-0.4, -0.2) is 37.1 Å². The van der Waals surface area contributed by atoms with E-state index in [0.717, 1.165) is 17.1 Å². The maximum absolute atomic E-state index is 12.4. The van der Waals surface area contributed by atoms with E-state index in [2.05, 4.69) is 20.6 Å². The topological polar surface area (TPSA) is 79.4 Å². The molecule has 1 amide bonds. The first-order valence-electron chi connectivity index (χ1n) is 8.37. The Morgan fingerprint density at radius 3 is 2.26 bits per heavy atom. The van der Waals surface area contributed by atoms with E-state index in [4.69, 9.17) is 4.74 Å². The summed E-state index contributed by atoms with van der Waals surface area (Å²) in [5.74, 6) is 0.956. The summed E-state index contributed by atoms with van der Waals surface area (Å²) in [5, 5.41) is 5.98. The molecular weight excluding hydrogens is 342 g/mol. The fourth-order valence-corrected chi connectivity index (χ4v) is 2.41. The number of hydrogen-bond donors (Lipinski definition) is 2. The van der Waals surface area contributed by atoms with Gasteiger partial charge in [0, 0.05) is 37.2 Å². The zero-order valence-corrected chi connectivity index (χ0v) is 15.4. The van der Waals surface area contributed by atoms with Crippen LogP contribution < -0.4 is 20.3 Å². The number of rotatable bonds is 6. The van der Waals surface area contributed by atoms with Crippen molar-refractivity contribution in [2.24, 2.45) is 0 Å². The molecule has 2 aromatic carbocycles. The second kappa shape index (κ2) is 8.18. The monoisotopic (exact) mass is 363 g/mol. The van der Waals surface area contributed by atoms with E-state index in [9.17, 15) is 4.79 Å². The highest BCUT2D eigenvalue weighted by Gasteiger charge is 2.10. The van der Waals surface area contributed by atoms with E-state index in [1.54, 1.807) is 37.4 Å². The highest BCUT2D eigenvalue weighted by Crippen LogP contribution is 2.20. The van der Waals surface area contributed by atoms with Crippen LogP contribution in [0, 0.1) is 0 Å². The smallest absolute Gasteiger partial charge is 0.274 e. The van der Waals surface area contributed by atoms with E-state index in [1.165, 1.54) is 6.33 Å². The fraction of sp³-hybridized carbons (Fsp3) is 0.150. The van der Waals surface area contributed by atoms with Gasteiger partial charge in [0.25, 0.3) is 5.91 Å². The predicted molar refractivity (Wildman–Crippen MR) is 107 cm³/mol. The molecule has 0 unspecified atom stereocenters. The number of methoxy groups -OCH3 is 1. The molecular formula is C20H21N5O2. The van der Waals surface area contributed by atoms with Crippen LogP contribution in [0.2, 0.25) is 0 Å². The van der Waals surface area contributed by atoms with E-state index >= 15 is 0 Å². The highest BCUT2D eigenvalue weighted by atomic mass is 16.5. The lowest BCUT2D eigenvalue weighted by Gasteiger charge is -2.13. The molecule has 138 valence electrons. The van der Waals surface area contributed by atoms with Gasteiger partial charge < -0.3 is 20.3 Å². The molecule has 3 rings (SSSR count). The summed E-state index contributed by atoms with van der Waals surface area (Å²) in [7, 11) is 5.57. The minimum absolute atomic E-state index is 0.272. The summed E-state index contributed by atoms with van der Waals surface area (Å²) in [5.41, 5.74) is 2.91. The second-order valence-corrected chi connectivity index (χ2v) is 6.04. The Morgan fingerprint density at radius 1 is 0.963 bits per heavy atom. The standard InChI is InChI=1S/C20H21N5O2/c1-25(2)16-8-4-14(5-9-16)23-19-12-18(21-13-22-19)20(26)24-15-6-10-17(27-3)11-7-15/h4-13H,1-3H3,(H,24,26)(H,21,22,23). The Hall–Kier alpha value is -3.61. The maximum Gasteiger partial charge on any atom is 0.274 e. The summed E-state index contributed by atoms with van der Waals surface area (Å²) in [6, 6.07) is 16.6. The number of aromatic nitrogens is 2. The van der Waals surface area contributed by atoms with Crippen molar-refractivity contribution in [3.63, 3.8) is 0 Å². The normalized spacial score (nSPS) is 10.2. The minimum atomic E-state index is -0.312. The highest BCUT2D eigenvalue weighted by molar-refractivity contribution is 6.03. The van der Waals surface area contributed by atoms with Crippen molar-refractivity contribution >= 4 is 28.8 Å². The third-order valence-corrected chi connectivity index (χ3v) is 3.90. The first-order valence-corrected chi connectivity index (χ1v) is 8.37. The van der Waals surface area contributed by atoms with Crippen LogP contribution in [0.25, 0.3) is 0 Å². The number of hydrogen-bond acceptors (Lipinski definition) is 6. The number of nitrogens with zero attached hydrogens (tertiary/aromatic N) is 3. The first kappa shape index (κ1) is 18.2. The number of ether oxygens (including phenoxy) is 1. The first-order chi connectivity index (χ1) is 13.0. The van der Waals surface area contributed by atoms with Crippen LogP contribution in [0.5, 0.6) is 5.75 Å². The third kappa shape index (κ3) is 4.72. The molecule has 0 fully saturated rings. The van der Waals surface area contributed by atoms with Crippen LogP contribution in [0.1, 0.15) is 10.5 Å². The minimum Gasteiger partial charge on any atom is -0.497 e. The Labute approximate surface area is 158 Å². The molecule has 0 radical (unpaired) electrons. The Balaban J connectivity index is 1.69. The summed E-state index contributed by atoms with van der Waals surface area (Å²) in [4.78, 5) is 22.7. The molecule has 0 spiro atoms. The molecule has 7 heteroatoms. The van der Waals surface area contributed by atoms with Crippen molar-refractivity contribution in [2.75, 3.05) is 36.7 Å². The van der Waals surface area contributed by atoms with Gasteiger partial charge in [0.2, 0.25) is 0 Å². The largest absolute Gasteiger partial charge is 0.497 e. The summed E-state index contributed by atoms with van der Waals surface area (Å²) < 4.78 is 5.11. The summed E-state index contributed by atoms with van der Waals surface area (Å²) >= 11 is 0. The zero-order valence-electron chi connectivity index (χ0n) is 15.4. The molecule has 27 heavy (non-hydrogen) atoms. The SMILES string of the molecule is COc1ccc(NC(=O)c2cc(Nc3ccc(N(C)C)cc3)ncn2)cc1. The van der Waals surface area contributed by atoms with Gasteiger partial charge in [-0.2, -0.15) is 0 Å². The van der Waals surface area contributed by atoms with Crippen LogP contribution in [0.3, 0.4) is 0 Å². The van der Waals surface area contributed by atoms with Crippen molar-refractivity contribution in [3.05, 3.63) is 66.6 Å². The molecule has 2 N–H and O–H groups in total. The maximum atomic E-state index is 12.4. The van der Waals surface area contributed by atoms with Crippen molar-refractivity contribution < 1.29 is 9.53 Å². The van der Waals surface area contributed by atoms with Gasteiger partial charge in [0.15, 0.2) is 0 Å². The molecule has 0 aliphatic carbocycles. The number of nitrogens with one attached hydrogen (secondary N) is 2. The van der Waals surface area contributed by atoms with Crippen molar-refractivity contribution in [1.29, 1.82) is 0 Å². The lowest BCUT2D eigenvalue weighted by molar-refractivity contribution is 0.102. The van der Waals surface area contributed by atoms with E-state index < -0.39 is 0 Å². The number of amides is 1. The van der Waals surface area contributed by atoms with Crippen molar-refractivity contribution in [2.45, 2.75) is 0 Å². The molecule has 0 aliphatic rings. The van der Waals surface area contributed by atoms with Gasteiger partial charge >= 0.3 is 0 Å². The number of carbonyl (C=O) groups excluding carboxylic acids is 1. The predicted octanol–water partition coefficient (Wildman–Crippen LogP) is 3.55. The lowest BCUT2D eigenvalue weighted by Crippen LogP contribution is -2.14. The molecule has 0 atom stereocenters. The quantitative estimate of drug-likeness (QED) is 0.697. The third-order valence-electron chi connectivity index (χ3n) is 3.90. The van der Waals surface area contributed by atoms with Crippen molar-refractivity contribution in [1.82, 2.24) is 9.97 Å². The van der Waals surface area contributed by atoms with Crippen LogP contribution in [0.4, 0.5) is 22.9 Å². The van der Waals surface area contributed by atoms with Gasteiger partial charge in [-0.25, -0.2) is 9.97 Å². The average Bonchev–Trinajstić information content (AvgIpc) is 2.69. The molecule has 3 aromatic rings. The number of anilines is 4. The zero-order chi connectivity index (χ0) is 19.2. The van der Waals surface area contributed by atoms with Gasteiger partial charge in [0.05, 0.1) is 7.11 Å². The Kier molecular flexibility index (Phi) is 5.51. The molecule has 0 aliphatic heterocycles. The molecule has 0 saturated carbocycles. The van der Waals surface area contributed by atoms with E-state index in [0.29, 0.717) is 11.5 Å². The van der Waals surface area contributed by atoms with Gasteiger partial charge in [0.1, 0.15) is 23.6 Å².